The van der Waals surface area contributed by atoms with Gasteiger partial charge in [-0.15, -0.1) is 11.3 Å². The maximum Gasteiger partial charge on any atom is 0.134 e. The lowest BCUT2D eigenvalue weighted by Crippen LogP contribution is -1.85. The number of anilines is 1. The van der Waals surface area contributed by atoms with E-state index >= 15 is 0 Å². The molecule has 0 unspecified atom stereocenters. The van der Waals surface area contributed by atoms with Gasteiger partial charge in [0, 0.05) is 10.9 Å². The first-order chi connectivity index (χ1) is 4.25. The van der Waals surface area contributed by atoms with Gasteiger partial charge in [-0.05, 0) is 6.92 Å². The van der Waals surface area contributed by atoms with Crippen molar-refractivity contribution in [3.63, 3.8) is 0 Å². The van der Waals surface area contributed by atoms with Crippen LogP contribution in [0.5, 0.6) is 5.75 Å². The fraction of sp³-hybridized carbons (Fsp3) is 0.333. The van der Waals surface area contributed by atoms with E-state index in [2.05, 4.69) is 0 Å². The van der Waals surface area contributed by atoms with Gasteiger partial charge in [0.25, 0.3) is 0 Å². The summed E-state index contributed by atoms with van der Waals surface area (Å²) in [4.78, 5) is 0. The molecule has 1 aromatic heterocycles. The van der Waals surface area contributed by atoms with Crippen molar-refractivity contribution in [1.82, 2.24) is 0 Å². The summed E-state index contributed by atoms with van der Waals surface area (Å²) in [5, 5.41) is 2.75. The summed E-state index contributed by atoms with van der Waals surface area (Å²) in [6.45, 7) is 1.95. The average Bonchev–Trinajstić information content (AvgIpc) is 2.15. The molecule has 2 nitrogen and oxygen atoms in total. The van der Waals surface area contributed by atoms with Crippen LogP contribution in [0, 0.1) is 6.92 Å². The van der Waals surface area contributed by atoms with Crippen LogP contribution in [-0.2, 0) is 0 Å². The molecular weight excluding hydrogens is 134 g/mol. The van der Waals surface area contributed by atoms with Gasteiger partial charge in [0.15, 0.2) is 0 Å². The SMILES string of the molecule is COc1csc(N)c1C. The van der Waals surface area contributed by atoms with Gasteiger partial charge in [-0.3, -0.25) is 0 Å². The quantitative estimate of drug-likeness (QED) is 0.648. The highest BCUT2D eigenvalue weighted by molar-refractivity contribution is 7.14. The lowest BCUT2D eigenvalue weighted by molar-refractivity contribution is 0.414. The maximum atomic E-state index is 5.55. The van der Waals surface area contributed by atoms with E-state index in [-0.39, 0.29) is 0 Å². The number of ether oxygens (including phenoxy) is 1. The van der Waals surface area contributed by atoms with Crippen molar-refractivity contribution in [2.24, 2.45) is 0 Å². The van der Waals surface area contributed by atoms with Crippen molar-refractivity contribution in [1.29, 1.82) is 0 Å². The maximum absolute atomic E-state index is 5.55. The summed E-state index contributed by atoms with van der Waals surface area (Å²) in [7, 11) is 1.65. The molecule has 0 saturated heterocycles. The van der Waals surface area contributed by atoms with Gasteiger partial charge < -0.3 is 10.5 Å². The van der Waals surface area contributed by atoms with E-state index < -0.39 is 0 Å². The highest BCUT2D eigenvalue weighted by atomic mass is 32.1. The zero-order chi connectivity index (χ0) is 6.85. The summed E-state index contributed by atoms with van der Waals surface area (Å²) in [6, 6.07) is 0. The molecular formula is C6H9NOS. The predicted octanol–water partition coefficient (Wildman–Crippen LogP) is 1.65. The topological polar surface area (TPSA) is 35.2 Å². The number of nitrogen functional groups attached to an aromatic ring is 1. The number of methoxy groups -OCH3 is 1. The van der Waals surface area contributed by atoms with Crippen LogP contribution in [0.4, 0.5) is 5.00 Å². The minimum Gasteiger partial charge on any atom is -0.496 e. The largest absolute Gasteiger partial charge is 0.496 e. The van der Waals surface area contributed by atoms with Gasteiger partial charge in [-0.25, -0.2) is 0 Å². The lowest BCUT2D eigenvalue weighted by Gasteiger charge is -1.94. The molecule has 1 heterocycles. The number of rotatable bonds is 1. The summed E-state index contributed by atoms with van der Waals surface area (Å²) < 4.78 is 5.00. The average molecular weight is 143 g/mol. The molecule has 1 rings (SSSR count). The van der Waals surface area contributed by atoms with Crippen LogP contribution in [0.1, 0.15) is 5.56 Å². The molecule has 0 fully saturated rings. The van der Waals surface area contributed by atoms with Crippen LogP contribution in [0.2, 0.25) is 0 Å². The van der Waals surface area contributed by atoms with Gasteiger partial charge in [-0.1, -0.05) is 0 Å². The van der Waals surface area contributed by atoms with Crippen molar-refractivity contribution >= 4 is 16.3 Å². The molecule has 0 aliphatic heterocycles. The van der Waals surface area contributed by atoms with Crippen molar-refractivity contribution < 1.29 is 4.74 Å². The third-order valence-corrected chi connectivity index (χ3v) is 2.14. The van der Waals surface area contributed by atoms with E-state index in [0.29, 0.717) is 0 Å². The zero-order valence-electron chi connectivity index (χ0n) is 5.47. The second kappa shape index (κ2) is 2.27. The van der Waals surface area contributed by atoms with E-state index in [0.717, 1.165) is 16.3 Å². The fourth-order valence-corrected chi connectivity index (χ4v) is 1.40. The van der Waals surface area contributed by atoms with Gasteiger partial charge in [0.2, 0.25) is 0 Å². The molecule has 3 heteroatoms. The summed E-state index contributed by atoms with van der Waals surface area (Å²) in [5.41, 5.74) is 6.60. The normalized spacial score (nSPS) is 9.56. The summed E-state index contributed by atoms with van der Waals surface area (Å²) in [5.74, 6) is 0.887. The molecule has 0 aliphatic carbocycles. The Bertz CT molecular complexity index is 207. The minimum absolute atomic E-state index is 0.840. The smallest absolute Gasteiger partial charge is 0.134 e. The Morgan fingerprint density at radius 3 is 2.56 bits per heavy atom. The van der Waals surface area contributed by atoms with Crippen LogP contribution < -0.4 is 10.5 Å². The number of nitrogens with two attached hydrogens (primary N) is 1. The molecule has 0 aliphatic rings. The van der Waals surface area contributed by atoms with Crippen LogP contribution >= 0.6 is 11.3 Å². The van der Waals surface area contributed by atoms with Gasteiger partial charge >= 0.3 is 0 Å². The Morgan fingerprint density at radius 2 is 2.33 bits per heavy atom. The van der Waals surface area contributed by atoms with Crippen molar-refractivity contribution in [3.8, 4) is 5.75 Å². The van der Waals surface area contributed by atoms with E-state index in [1.54, 1.807) is 7.11 Å². The van der Waals surface area contributed by atoms with Crippen molar-refractivity contribution in [3.05, 3.63) is 10.9 Å². The third-order valence-electron chi connectivity index (χ3n) is 1.25. The standard InChI is InChI=1S/C6H9NOS/c1-4-5(8-2)3-9-6(4)7/h3H,7H2,1-2H3. The molecule has 0 spiro atoms. The second-order valence-electron chi connectivity index (χ2n) is 1.79. The second-order valence-corrected chi connectivity index (χ2v) is 2.70. The van der Waals surface area contributed by atoms with E-state index in [4.69, 9.17) is 10.5 Å². The monoisotopic (exact) mass is 143 g/mol. The first-order valence-electron chi connectivity index (χ1n) is 2.63. The zero-order valence-corrected chi connectivity index (χ0v) is 6.29. The fourth-order valence-electron chi connectivity index (χ4n) is 0.616. The molecule has 2 N–H and O–H groups in total. The Labute approximate surface area is 58.3 Å². The highest BCUT2D eigenvalue weighted by Gasteiger charge is 2.01. The predicted molar refractivity (Wildman–Crippen MR) is 40.0 cm³/mol. The van der Waals surface area contributed by atoms with Crippen LogP contribution in [0.25, 0.3) is 0 Å². The Kier molecular flexibility index (Phi) is 1.62. The highest BCUT2D eigenvalue weighted by Crippen LogP contribution is 2.29. The van der Waals surface area contributed by atoms with E-state index in [9.17, 15) is 0 Å². The molecule has 0 radical (unpaired) electrons. The van der Waals surface area contributed by atoms with Crippen LogP contribution in [-0.4, -0.2) is 7.11 Å². The number of hydrogen-bond donors (Lipinski definition) is 1. The number of hydrogen-bond acceptors (Lipinski definition) is 3. The minimum atomic E-state index is 0.840. The molecule has 0 amide bonds. The number of thiophene rings is 1. The molecule has 9 heavy (non-hydrogen) atoms. The van der Waals surface area contributed by atoms with Crippen LogP contribution in [0.3, 0.4) is 0 Å². The Balaban J connectivity index is 3.04. The van der Waals surface area contributed by atoms with Gasteiger partial charge in [0.05, 0.1) is 12.1 Å². The molecule has 1 aromatic rings. The first kappa shape index (κ1) is 6.42. The van der Waals surface area contributed by atoms with Crippen LogP contribution in [0.15, 0.2) is 5.38 Å². The molecule has 0 bridgehead atoms. The van der Waals surface area contributed by atoms with Crippen molar-refractivity contribution in [2.45, 2.75) is 6.92 Å². The molecule has 0 atom stereocenters. The third kappa shape index (κ3) is 1.00. The summed E-state index contributed by atoms with van der Waals surface area (Å²) in [6.07, 6.45) is 0. The van der Waals surface area contributed by atoms with Gasteiger partial charge in [-0.2, -0.15) is 0 Å². The lowest BCUT2D eigenvalue weighted by atomic mass is 10.3. The first-order valence-corrected chi connectivity index (χ1v) is 3.51. The van der Waals surface area contributed by atoms with Crippen molar-refractivity contribution in [2.75, 3.05) is 12.8 Å². The molecule has 0 aromatic carbocycles. The molecule has 0 saturated carbocycles. The Morgan fingerprint density at radius 1 is 1.67 bits per heavy atom. The van der Waals surface area contributed by atoms with Gasteiger partial charge in [0.1, 0.15) is 5.75 Å². The van der Waals surface area contributed by atoms with E-state index in [1.165, 1.54) is 11.3 Å². The molecule has 50 valence electrons. The Hall–Kier alpha value is -0.700. The summed E-state index contributed by atoms with van der Waals surface area (Å²) >= 11 is 1.51. The van der Waals surface area contributed by atoms with E-state index in [1.807, 2.05) is 12.3 Å².